The maximum atomic E-state index is 13.6. The third kappa shape index (κ3) is 3.11. The normalized spacial score (nSPS) is 23.1. The van der Waals surface area contributed by atoms with Crippen LogP contribution in [0.25, 0.3) is 0 Å². The first-order valence-corrected chi connectivity index (χ1v) is 7.92. The van der Waals surface area contributed by atoms with Crippen LogP contribution in [0.5, 0.6) is 0 Å². The van der Waals surface area contributed by atoms with Gasteiger partial charge in [0.05, 0.1) is 11.0 Å². The van der Waals surface area contributed by atoms with Crippen molar-refractivity contribution in [2.75, 3.05) is 12.8 Å². The Labute approximate surface area is 118 Å². The molecule has 2 rings (SSSR count). The number of sulfonamides is 1. The molecule has 2 unspecified atom stereocenters. The number of benzene rings is 1. The van der Waals surface area contributed by atoms with Gasteiger partial charge in [-0.3, -0.25) is 0 Å². The zero-order chi connectivity index (χ0) is 14.9. The molecule has 0 saturated heterocycles. The molecule has 0 bridgehead atoms. The lowest BCUT2D eigenvalue weighted by molar-refractivity contribution is 0.107. The van der Waals surface area contributed by atoms with Crippen LogP contribution in [0, 0.1) is 12.7 Å². The maximum Gasteiger partial charge on any atom is 0.241 e. The van der Waals surface area contributed by atoms with Crippen LogP contribution in [0.15, 0.2) is 17.0 Å². The van der Waals surface area contributed by atoms with Gasteiger partial charge >= 0.3 is 0 Å². The smallest absolute Gasteiger partial charge is 0.241 e. The average molecular weight is 302 g/mol. The minimum Gasteiger partial charge on any atom is -0.399 e. The van der Waals surface area contributed by atoms with Crippen LogP contribution < -0.4 is 10.5 Å². The fraction of sp³-hybridized carbons (Fsp3) is 0.538. The first-order valence-electron chi connectivity index (χ1n) is 6.44. The lowest BCUT2D eigenvalue weighted by Crippen LogP contribution is -2.34. The van der Waals surface area contributed by atoms with Gasteiger partial charge in [0.25, 0.3) is 0 Å². The number of nitrogens with one attached hydrogen (secondary N) is 1. The van der Waals surface area contributed by atoms with Gasteiger partial charge in [0.1, 0.15) is 5.82 Å². The number of halogens is 1. The van der Waals surface area contributed by atoms with Crippen molar-refractivity contribution in [1.82, 2.24) is 4.72 Å². The predicted octanol–water partition coefficient (Wildman–Crippen LogP) is 1.56. The number of nitrogens with two attached hydrogens (primary N) is 1. The van der Waals surface area contributed by atoms with Crippen LogP contribution in [0.3, 0.4) is 0 Å². The van der Waals surface area contributed by atoms with Gasteiger partial charge in [-0.15, -0.1) is 0 Å². The van der Waals surface area contributed by atoms with Gasteiger partial charge < -0.3 is 10.5 Å². The van der Waals surface area contributed by atoms with Crippen LogP contribution >= 0.6 is 0 Å². The Morgan fingerprint density at radius 3 is 2.70 bits per heavy atom. The lowest BCUT2D eigenvalue weighted by atomic mass is 10.2. The van der Waals surface area contributed by atoms with Crippen LogP contribution in [0.4, 0.5) is 10.1 Å². The fourth-order valence-electron chi connectivity index (χ4n) is 2.50. The molecule has 112 valence electrons. The van der Waals surface area contributed by atoms with Crippen molar-refractivity contribution >= 4 is 15.7 Å². The summed E-state index contributed by atoms with van der Waals surface area (Å²) in [6.45, 7) is 1.43. The number of hydrogen-bond acceptors (Lipinski definition) is 4. The van der Waals surface area contributed by atoms with Crippen molar-refractivity contribution in [3.05, 3.63) is 23.5 Å². The van der Waals surface area contributed by atoms with Gasteiger partial charge in [-0.25, -0.2) is 17.5 Å². The molecule has 0 heterocycles. The Kier molecular flexibility index (Phi) is 4.31. The number of ether oxygens (including phenoxy) is 1. The minimum atomic E-state index is -3.78. The molecule has 0 amide bonds. The number of methoxy groups -OCH3 is 1. The quantitative estimate of drug-likeness (QED) is 0.827. The van der Waals surface area contributed by atoms with E-state index in [1.807, 2.05) is 0 Å². The summed E-state index contributed by atoms with van der Waals surface area (Å²) in [5, 5.41) is 0. The van der Waals surface area contributed by atoms with E-state index in [2.05, 4.69) is 4.72 Å². The lowest BCUT2D eigenvalue weighted by Gasteiger charge is -2.15. The van der Waals surface area contributed by atoms with Crippen molar-refractivity contribution in [2.45, 2.75) is 43.2 Å². The first kappa shape index (κ1) is 15.2. The highest BCUT2D eigenvalue weighted by Gasteiger charge is 2.29. The Morgan fingerprint density at radius 2 is 2.10 bits per heavy atom. The molecule has 0 aliphatic heterocycles. The molecule has 1 aliphatic carbocycles. The molecule has 1 saturated carbocycles. The summed E-state index contributed by atoms with van der Waals surface area (Å²) in [4.78, 5) is -0.101. The summed E-state index contributed by atoms with van der Waals surface area (Å²) in [6, 6.07) is 2.21. The van der Waals surface area contributed by atoms with E-state index in [1.54, 1.807) is 7.11 Å². The van der Waals surface area contributed by atoms with E-state index in [-0.39, 0.29) is 28.3 Å². The standard InChI is InChI=1S/C13H19FN2O3S/c1-8-12(14)5-9(15)6-13(8)20(17,18)16-10-3-4-11(7-10)19-2/h5-6,10-11,16H,3-4,7,15H2,1-2H3. The van der Waals surface area contributed by atoms with Crippen molar-refractivity contribution < 1.29 is 17.5 Å². The summed E-state index contributed by atoms with van der Waals surface area (Å²) < 4.78 is 46.1. The Balaban J connectivity index is 2.23. The van der Waals surface area contributed by atoms with E-state index in [9.17, 15) is 12.8 Å². The van der Waals surface area contributed by atoms with E-state index < -0.39 is 15.8 Å². The van der Waals surface area contributed by atoms with Crippen LogP contribution in [-0.4, -0.2) is 27.7 Å². The highest BCUT2D eigenvalue weighted by atomic mass is 32.2. The Bertz CT molecular complexity index is 604. The van der Waals surface area contributed by atoms with Gasteiger partial charge in [0, 0.05) is 24.4 Å². The minimum absolute atomic E-state index is 0.0707. The topological polar surface area (TPSA) is 81.4 Å². The molecular weight excluding hydrogens is 283 g/mol. The summed E-state index contributed by atoms with van der Waals surface area (Å²) in [7, 11) is -2.17. The van der Waals surface area contributed by atoms with Gasteiger partial charge in [-0.1, -0.05) is 0 Å². The summed E-state index contributed by atoms with van der Waals surface area (Å²) in [5.41, 5.74) is 5.69. The van der Waals surface area contributed by atoms with Crippen molar-refractivity contribution in [1.29, 1.82) is 0 Å². The second kappa shape index (κ2) is 5.67. The SMILES string of the molecule is COC1CCC(NS(=O)(=O)c2cc(N)cc(F)c2C)C1. The molecule has 1 aromatic carbocycles. The third-order valence-corrected chi connectivity index (χ3v) is 5.29. The third-order valence-electron chi connectivity index (χ3n) is 3.65. The maximum absolute atomic E-state index is 13.6. The molecule has 2 atom stereocenters. The molecule has 0 aromatic heterocycles. The summed E-state index contributed by atoms with van der Waals surface area (Å²) >= 11 is 0. The first-order chi connectivity index (χ1) is 9.33. The number of rotatable bonds is 4. The number of anilines is 1. The molecule has 3 N–H and O–H groups in total. The van der Waals surface area contributed by atoms with Crippen LogP contribution in [0.2, 0.25) is 0 Å². The van der Waals surface area contributed by atoms with E-state index >= 15 is 0 Å². The largest absolute Gasteiger partial charge is 0.399 e. The van der Waals surface area contributed by atoms with Crippen LogP contribution in [-0.2, 0) is 14.8 Å². The van der Waals surface area contributed by atoms with E-state index in [4.69, 9.17) is 10.5 Å². The zero-order valence-electron chi connectivity index (χ0n) is 11.5. The molecule has 7 heteroatoms. The Morgan fingerprint density at radius 1 is 1.40 bits per heavy atom. The molecular formula is C13H19FN2O3S. The highest BCUT2D eigenvalue weighted by Crippen LogP contribution is 2.26. The van der Waals surface area contributed by atoms with Crippen molar-refractivity contribution in [3.63, 3.8) is 0 Å². The van der Waals surface area contributed by atoms with E-state index in [0.29, 0.717) is 12.8 Å². The van der Waals surface area contributed by atoms with Gasteiger partial charge in [0.2, 0.25) is 10.0 Å². The van der Waals surface area contributed by atoms with E-state index in [1.165, 1.54) is 13.0 Å². The number of nitrogen functional groups attached to an aromatic ring is 1. The van der Waals surface area contributed by atoms with Gasteiger partial charge in [-0.05, 0) is 38.3 Å². The second-order valence-corrected chi connectivity index (χ2v) is 6.80. The summed E-state index contributed by atoms with van der Waals surface area (Å²) in [5.74, 6) is -0.619. The molecule has 1 aromatic rings. The highest BCUT2D eigenvalue weighted by molar-refractivity contribution is 7.89. The molecule has 5 nitrogen and oxygen atoms in total. The Hall–Kier alpha value is -1.18. The van der Waals surface area contributed by atoms with E-state index in [0.717, 1.165) is 12.5 Å². The fourth-order valence-corrected chi connectivity index (χ4v) is 4.07. The molecule has 0 radical (unpaired) electrons. The zero-order valence-corrected chi connectivity index (χ0v) is 12.3. The number of hydrogen-bond donors (Lipinski definition) is 2. The van der Waals surface area contributed by atoms with Gasteiger partial charge in [-0.2, -0.15) is 0 Å². The molecule has 1 fully saturated rings. The summed E-state index contributed by atoms with van der Waals surface area (Å²) in [6.07, 6.45) is 2.22. The predicted molar refractivity (Wildman–Crippen MR) is 74.3 cm³/mol. The van der Waals surface area contributed by atoms with Crippen molar-refractivity contribution in [2.24, 2.45) is 0 Å². The monoisotopic (exact) mass is 302 g/mol. The average Bonchev–Trinajstić information content (AvgIpc) is 2.80. The van der Waals surface area contributed by atoms with Crippen molar-refractivity contribution in [3.8, 4) is 0 Å². The molecule has 20 heavy (non-hydrogen) atoms. The second-order valence-electron chi connectivity index (χ2n) is 5.11. The molecule has 0 spiro atoms. The van der Waals surface area contributed by atoms with Crippen LogP contribution in [0.1, 0.15) is 24.8 Å². The molecule has 1 aliphatic rings. The van der Waals surface area contributed by atoms with Gasteiger partial charge in [0.15, 0.2) is 0 Å².